The van der Waals surface area contributed by atoms with Gasteiger partial charge in [-0.25, -0.2) is 18.4 Å². The molecule has 5 N–H and O–H groups in total. The van der Waals surface area contributed by atoms with Gasteiger partial charge in [-0.2, -0.15) is 0 Å². The Hall–Kier alpha value is -1.64. The molecule has 0 heterocycles. The van der Waals surface area contributed by atoms with Crippen LogP contribution in [0.4, 0.5) is 5.69 Å². The normalized spacial score (nSPS) is 12.2. The summed E-state index contributed by atoms with van der Waals surface area (Å²) in [4.78, 5) is 10.9. The molecule has 1 aromatic carbocycles. The predicted octanol–water partition coefficient (Wildman–Crippen LogP) is 0.215. The summed E-state index contributed by atoms with van der Waals surface area (Å²) in [5.74, 6) is -1.29. The highest BCUT2D eigenvalue weighted by Crippen LogP contribution is 2.23. The summed E-state index contributed by atoms with van der Waals surface area (Å²) in [6, 6.07) is 3.49. The average molecular weight is 288 g/mol. The molecule has 0 aromatic heterocycles. The summed E-state index contributed by atoms with van der Waals surface area (Å²) in [6.45, 7) is 3.13. The van der Waals surface area contributed by atoms with Gasteiger partial charge in [-0.05, 0) is 32.0 Å². The molecule has 8 heteroatoms. The van der Waals surface area contributed by atoms with Crippen molar-refractivity contribution in [3.8, 4) is 0 Å². The maximum Gasteiger partial charge on any atom is 0.337 e. The Labute approximate surface area is 111 Å². The molecule has 0 aliphatic heterocycles. The van der Waals surface area contributed by atoms with E-state index in [-0.39, 0.29) is 22.8 Å². The molecule has 0 saturated carbocycles. The Balaban J connectivity index is 3.31. The minimum Gasteiger partial charge on any atom is -0.478 e. The number of sulfonamides is 1. The van der Waals surface area contributed by atoms with Crippen molar-refractivity contribution >= 4 is 21.7 Å². The van der Waals surface area contributed by atoms with Crippen molar-refractivity contribution in [2.45, 2.75) is 24.3 Å². The first-order chi connectivity index (χ1) is 8.57. The number of nitrogens with one attached hydrogen (secondary N) is 1. The number of nitrogens with two attached hydrogens (primary N) is 1. The van der Waals surface area contributed by atoms with Gasteiger partial charge in [0.05, 0.1) is 22.6 Å². The largest absolute Gasteiger partial charge is 0.478 e. The Morgan fingerprint density at radius 2 is 2.00 bits per heavy atom. The van der Waals surface area contributed by atoms with Crippen molar-refractivity contribution in [3.63, 3.8) is 0 Å². The monoisotopic (exact) mass is 288 g/mol. The zero-order valence-electron chi connectivity index (χ0n) is 10.5. The van der Waals surface area contributed by atoms with E-state index in [1.54, 1.807) is 13.8 Å². The van der Waals surface area contributed by atoms with E-state index >= 15 is 0 Å². The van der Waals surface area contributed by atoms with Crippen molar-refractivity contribution in [2.24, 2.45) is 5.14 Å². The van der Waals surface area contributed by atoms with Crippen LogP contribution in [0.1, 0.15) is 24.2 Å². The van der Waals surface area contributed by atoms with Crippen LogP contribution in [0, 0.1) is 0 Å². The molecule has 1 aromatic rings. The lowest BCUT2D eigenvalue weighted by atomic mass is 10.0. The lowest BCUT2D eigenvalue weighted by molar-refractivity contribution is 0.0697. The third kappa shape index (κ3) is 3.91. The van der Waals surface area contributed by atoms with Crippen LogP contribution in [-0.2, 0) is 10.0 Å². The predicted molar refractivity (Wildman–Crippen MR) is 69.6 cm³/mol. The van der Waals surface area contributed by atoms with Crippen molar-refractivity contribution in [3.05, 3.63) is 23.8 Å². The van der Waals surface area contributed by atoms with E-state index in [4.69, 9.17) is 15.4 Å². The zero-order chi connectivity index (χ0) is 14.8. The molecule has 19 heavy (non-hydrogen) atoms. The highest BCUT2D eigenvalue weighted by molar-refractivity contribution is 7.89. The van der Waals surface area contributed by atoms with E-state index in [2.05, 4.69) is 5.32 Å². The van der Waals surface area contributed by atoms with Gasteiger partial charge in [-0.3, -0.25) is 0 Å². The van der Waals surface area contributed by atoms with Crippen LogP contribution in [-0.4, -0.2) is 36.7 Å². The van der Waals surface area contributed by atoms with Gasteiger partial charge in [-0.15, -0.1) is 0 Å². The minimum atomic E-state index is -3.97. The van der Waals surface area contributed by atoms with Gasteiger partial charge in [0, 0.05) is 5.69 Å². The average Bonchev–Trinajstić information content (AvgIpc) is 2.27. The van der Waals surface area contributed by atoms with E-state index in [1.807, 2.05) is 0 Å². The molecule has 0 aliphatic rings. The van der Waals surface area contributed by atoms with Crippen LogP contribution in [0.3, 0.4) is 0 Å². The summed E-state index contributed by atoms with van der Waals surface area (Å²) < 4.78 is 22.4. The third-order valence-corrected chi connectivity index (χ3v) is 3.33. The summed E-state index contributed by atoms with van der Waals surface area (Å²) >= 11 is 0. The first kappa shape index (κ1) is 15.4. The molecule has 0 saturated heterocycles. The summed E-state index contributed by atoms with van der Waals surface area (Å²) in [7, 11) is -3.97. The molecular formula is C11H16N2O5S. The topological polar surface area (TPSA) is 130 Å². The molecule has 1 rings (SSSR count). The Morgan fingerprint density at radius 3 is 2.42 bits per heavy atom. The summed E-state index contributed by atoms with van der Waals surface area (Å²) in [6.07, 6.45) is 0. The highest BCUT2D eigenvalue weighted by Gasteiger charge is 2.21. The lowest BCUT2D eigenvalue weighted by Gasteiger charge is -2.26. The molecule has 0 unspecified atom stereocenters. The number of aliphatic hydroxyl groups excluding tert-OH is 1. The first-order valence-electron chi connectivity index (χ1n) is 5.36. The van der Waals surface area contributed by atoms with Crippen LogP contribution in [0.25, 0.3) is 0 Å². The van der Waals surface area contributed by atoms with Gasteiger partial charge in [0.1, 0.15) is 0 Å². The number of carboxylic acids is 1. The van der Waals surface area contributed by atoms with Crippen LogP contribution in [0.2, 0.25) is 0 Å². The molecule has 0 fully saturated rings. The second kappa shape index (κ2) is 5.16. The minimum absolute atomic E-state index is 0.207. The van der Waals surface area contributed by atoms with Gasteiger partial charge in [0.2, 0.25) is 10.0 Å². The zero-order valence-corrected chi connectivity index (χ0v) is 11.4. The first-order valence-corrected chi connectivity index (χ1v) is 6.91. The Bertz CT molecular complexity index is 595. The molecule has 0 aliphatic carbocycles. The highest BCUT2D eigenvalue weighted by atomic mass is 32.2. The smallest absolute Gasteiger partial charge is 0.337 e. The van der Waals surface area contributed by atoms with E-state index in [0.29, 0.717) is 0 Å². The van der Waals surface area contributed by atoms with Gasteiger partial charge < -0.3 is 15.5 Å². The van der Waals surface area contributed by atoms with Gasteiger partial charge >= 0.3 is 5.97 Å². The molecule has 106 valence electrons. The number of carboxylic acid groups (broad SMARTS) is 1. The standard InChI is InChI=1S/C11H16N2O5S/c1-11(2,6-14)13-9-4-3-7(19(12,17)18)5-8(9)10(15)16/h3-5,13-14H,6H2,1-2H3,(H,15,16)(H2,12,17,18). The summed E-state index contributed by atoms with van der Waals surface area (Å²) in [5.41, 5.74) is -0.764. The quantitative estimate of drug-likeness (QED) is 0.613. The molecule has 0 amide bonds. The number of primary sulfonamides is 1. The fraction of sp³-hybridized carbons (Fsp3) is 0.364. The maximum absolute atomic E-state index is 11.2. The fourth-order valence-electron chi connectivity index (χ4n) is 1.39. The number of benzene rings is 1. The Morgan fingerprint density at radius 1 is 1.42 bits per heavy atom. The second-order valence-corrected chi connectivity index (χ2v) is 6.29. The van der Waals surface area contributed by atoms with Crippen molar-refractivity contribution in [1.82, 2.24) is 0 Å². The van der Waals surface area contributed by atoms with E-state index < -0.39 is 21.5 Å². The van der Waals surface area contributed by atoms with Crippen molar-refractivity contribution in [2.75, 3.05) is 11.9 Å². The van der Waals surface area contributed by atoms with E-state index in [0.717, 1.165) is 6.07 Å². The van der Waals surface area contributed by atoms with Gasteiger partial charge in [0.25, 0.3) is 0 Å². The molecule has 0 spiro atoms. The van der Waals surface area contributed by atoms with Crippen LogP contribution in [0.5, 0.6) is 0 Å². The molecule has 0 radical (unpaired) electrons. The number of hydrogen-bond acceptors (Lipinski definition) is 5. The van der Waals surface area contributed by atoms with Crippen LogP contribution >= 0.6 is 0 Å². The molecule has 0 atom stereocenters. The molecule has 7 nitrogen and oxygen atoms in total. The second-order valence-electron chi connectivity index (χ2n) is 4.72. The summed E-state index contributed by atoms with van der Waals surface area (Å²) in [5, 5.41) is 26.0. The number of aromatic carboxylic acids is 1. The maximum atomic E-state index is 11.2. The van der Waals surface area contributed by atoms with E-state index in [9.17, 15) is 13.2 Å². The number of hydrogen-bond donors (Lipinski definition) is 4. The van der Waals surface area contributed by atoms with Gasteiger partial charge in [0.15, 0.2) is 0 Å². The number of aliphatic hydroxyl groups is 1. The number of anilines is 1. The van der Waals surface area contributed by atoms with Crippen molar-refractivity contribution < 1.29 is 23.4 Å². The number of rotatable bonds is 5. The van der Waals surface area contributed by atoms with Gasteiger partial charge in [-0.1, -0.05) is 0 Å². The van der Waals surface area contributed by atoms with Crippen LogP contribution in [0.15, 0.2) is 23.1 Å². The SMILES string of the molecule is CC(C)(CO)Nc1ccc(S(N)(=O)=O)cc1C(=O)O. The van der Waals surface area contributed by atoms with E-state index in [1.165, 1.54) is 12.1 Å². The van der Waals surface area contributed by atoms with Crippen LogP contribution < -0.4 is 10.5 Å². The molecular weight excluding hydrogens is 272 g/mol. The number of carbonyl (C=O) groups is 1. The fourth-order valence-corrected chi connectivity index (χ4v) is 1.93. The molecule has 0 bridgehead atoms. The lowest BCUT2D eigenvalue weighted by Crippen LogP contribution is -2.35. The Kier molecular flexibility index (Phi) is 4.18. The third-order valence-electron chi connectivity index (χ3n) is 2.42. The van der Waals surface area contributed by atoms with Crippen molar-refractivity contribution in [1.29, 1.82) is 0 Å².